The molecule has 1 saturated heterocycles. The van der Waals surface area contributed by atoms with Crippen molar-refractivity contribution in [1.82, 2.24) is 10.6 Å². The van der Waals surface area contributed by atoms with E-state index in [9.17, 15) is 9.59 Å². The van der Waals surface area contributed by atoms with Crippen molar-refractivity contribution in [3.63, 3.8) is 0 Å². The smallest absolute Gasteiger partial charge is 0.305 e. The molecule has 1 heterocycles. The zero-order chi connectivity index (χ0) is 9.90. The molecular formula is C8H14N2O3. The second-order valence-electron chi connectivity index (χ2n) is 3.46. The number of nitrogens with one attached hydrogen (secondary N) is 2. The van der Waals surface area contributed by atoms with Crippen molar-refractivity contribution in [2.45, 2.75) is 25.3 Å². The Hall–Kier alpha value is -1.10. The molecule has 3 N–H and O–H groups in total. The van der Waals surface area contributed by atoms with Crippen molar-refractivity contribution in [3.05, 3.63) is 0 Å². The van der Waals surface area contributed by atoms with E-state index in [1.54, 1.807) is 0 Å². The van der Waals surface area contributed by atoms with E-state index in [1.807, 2.05) is 0 Å². The molecule has 1 aliphatic heterocycles. The molecule has 0 aromatic heterocycles. The Morgan fingerprint density at radius 2 is 2.31 bits per heavy atom. The van der Waals surface area contributed by atoms with Crippen LogP contribution in [0.4, 0.5) is 0 Å². The highest BCUT2D eigenvalue weighted by molar-refractivity contribution is 5.76. The van der Waals surface area contributed by atoms with Gasteiger partial charge >= 0.3 is 5.97 Å². The first-order chi connectivity index (χ1) is 6.04. The molecule has 5 nitrogen and oxygen atoms in total. The van der Waals surface area contributed by atoms with Crippen LogP contribution < -0.4 is 10.6 Å². The van der Waals surface area contributed by atoms with Crippen molar-refractivity contribution < 1.29 is 14.7 Å². The maximum atomic E-state index is 10.9. The van der Waals surface area contributed by atoms with E-state index >= 15 is 0 Å². The standard InChI is InChI=1S/C8H14N2O3/c1-6(11)10-8(4-7(12)13)2-3-9-5-8/h9H,2-5H2,1H3,(H,10,11)(H,12,13). The molecule has 13 heavy (non-hydrogen) atoms. The summed E-state index contributed by atoms with van der Waals surface area (Å²) in [6.45, 7) is 2.70. The second kappa shape index (κ2) is 3.74. The van der Waals surface area contributed by atoms with E-state index in [0.717, 1.165) is 6.54 Å². The fourth-order valence-electron chi connectivity index (χ4n) is 1.71. The van der Waals surface area contributed by atoms with Gasteiger partial charge in [0, 0.05) is 13.5 Å². The third-order valence-corrected chi connectivity index (χ3v) is 2.17. The predicted molar refractivity (Wildman–Crippen MR) is 46.3 cm³/mol. The van der Waals surface area contributed by atoms with Crippen molar-refractivity contribution in [3.8, 4) is 0 Å². The van der Waals surface area contributed by atoms with E-state index in [1.165, 1.54) is 6.92 Å². The topological polar surface area (TPSA) is 78.4 Å². The van der Waals surface area contributed by atoms with Crippen LogP contribution in [0.3, 0.4) is 0 Å². The summed E-state index contributed by atoms with van der Waals surface area (Å²) in [6, 6.07) is 0. The molecule has 0 aromatic rings. The summed E-state index contributed by atoms with van der Waals surface area (Å²) < 4.78 is 0. The van der Waals surface area contributed by atoms with E-state index in [0.29, 0.717) is 13.0 Å². The first-order valence-corrected chi connectivity index (χ1v) is 4.25. The molecule has 0 saturated carbocycles. The third kappa shape index (κ3) is 2.69. The van der Waals surface area contributed by atoms with Crippen LogP contribution in [0.2, 0.25) is 0 Å². The normalized spacial score (nSPS) is 27.2. The molecule has 5 heteroatoms. The van der Waals surface area contributed by atoms with E-state index < -0.39 is 11.5 Å². The molecule has 1 rings (SSSR count). The lowest BCUT2D eigenvalue weighted by atomic mass is 9.94. The van der Waals surface area contributed by atoms with Crippen LogP contribution in [0, 0.1) is 0 Å². The average molecular weight is 186 g/mol. The lowest BCUT2D eigenvalue weighted by molar-refractivity contribution is -0.138. The van der Waals surface area contributed by atoms with Crippen molar-refractivity contribution in [1.29, 1.82) is 0 Å². The second-order valence-corrected chi connectivity index (χ2v) is 3.46. The van der Waals surface area contributed by atoms with Gasteiger partial charge < -0.3 is 15.7 Å². The molecule has 1 atom stereocenters. The summed E-state index contributed by atoms with van der Waals surface area (Å²) in [5.41, 5.74) is -0.572. The number of hydrogen-bond acceptors (Lipinski definition) is 3. The average Bonchev–Trinajstić information content (AvgIpc) is 2.33. The van der Waals surface area contributed by atoms with Crippen LogP contribution >= 0.6 is 0 Å². The number of rotatable bonds is 3. The maximum Gasteiger partial charge on any atom is 0.305 e. The van der Waals surface area contributed by atoms with Gasteiger partial charge in [0.25, 0.3) is 0 Å². The minimum Gasteiger partial charge on any atom is -0.481 e. The van der Waals surface area contributed by atoms with Gasteiger partial charge in [-0.25, -0.2) is 0 Å². The zero-order valence-electron chi connectivity index (χ0n) is 7.59. The molecule has 1 aliphatic rings. The van der Waals surface area contributed by atoms with E-state index in [2.05, 4.69) is 10.6 Å². The summed E-state index contributed by atoms with van der Waals surface area (Å²) >= 11 is 0. The third-order valence-electron chi connectivity index (χ3n) is 2.17. The molecule has 1 amide bonds. The molecule has 0 aromatic carbocycles. The zero-order valence-corrected chi connectivity index (χ0v) is 7.59. The minimum atomic E-state index is -0.877. The summed E-state index contributed by atoms with van der Waals surface area (Å²) in [4.78, 5) is 21.4. The highest BCUT2D eigenvalue weighted by atomic mass is 16.4. The Morgan fingerprint density at radius 1 is 1.62 bits per heavy atom. The first-order valence-electron chi connectivity index (χ1n) is 4.25. The summed E-state index contributed by atoms with van der Waals surface area (Å²) in [5, 5.41) is 14.4. The van der Waals surface area contributed by atoms with Gasteiger partial charge in [0.15, 0.2) is 0 Å². The number of carbonyl (C=O) groups excluding carboxylic acids is 1. The lowest BCUT2D eigenvalue weighted by Gasteiger charge is -2.26. The van der Waals surface area contributed by atoms with Crippen LogP contribution in [0.1, 0.15) is 19.8 Å². The lowest BCUT2D eigenvalue weighted by Crippen LogP contribution is -2.50. The van der Waals surface area contributed by atoms with E-state index in [4.69, 9.17) is 5.11 Å². The van der Waals surface area contributed by atoms with Crippen LogP contribution in [0.15, 0.2) is 0 Å². The van der Waals surface area contributed by atoms with Crippen LogP contribution in [-0.2, 0) is 9.59 Å². The number of carbonyl (C=O) groups is 2. The summed E-state index contributed by atoms with van der Waals surface area (Å²) in [6.07, 6.45) is 0.665. The van der Waals surface area contributed by atoms with Gasteiger partial charge in [0.1, 0.15) is 0 Å². The molecular weight excluding hydrogens is 172 g/mol. The van der Waals surface area contributed by atoms with Crippen molar-refractivity contribution in [2.24, 2.45) is 0 Å². The Morgan fingerprint density at radius 3 is 2.69 bits per heavy atom. The first kappa shape index (κ1) is 9.98. The van der Waals surface area contributed by atoms with Gasteiger partial charge in [0.2, 0.25) is 5.91 Å². The fourth-order valence-corrected chi connectivity index (χ4v) is 1.71. The number of amides is 1. The van der Waals surface area contributed by atoms with Gasteiger partial charge in [-0.1, -0.05) is 0 Å². The van der Waals surface area contributed by atoms with Gasteiger partial charge in [-0.3, -0.25) is 9.59 Å². The van der Waals surface area contributed by atoms with Gasteiger partial charge in [0.05, 0.1) is 12.0 Å². The number of aliphatic carboxylic acids is 1. The minimum absolute atomic E-state index is 0.0143. The van der Waals surface area contributed by atoms with Gasteiger partial charge in [-0.2, -0.15) is 0 Å². The van der Waals surface area contributed by atoms with Crippen molar-refractivity contribution >= 4 is 11.9 Å². The van der Waals surface area contributed by atoms with E-state index in [-0.39, 0.29) is 12.3 Å². The highest BCUT2D eigenvalue weighted by Gasteiger charge is 2.36. The Labute approximate surface area is 76.5 Å². The monoisotopic (exact) mass is 186 g/mol. The Kier molecular flexibility index (Phi) is 2.87. The van der Waals surface area contributed by atoms with Crippen LogP contribution in [-0.4, -0.2) is 35.6 Å². The SMILES string of the molecule is CC(=O)NC1(CC(=O)O)CCNC1. The summed E-state index contributed by atoms with van der Waals surface area (Å²) in [7, 11) is 0. The molecule has 1 fully saturated rings. The van der Waals surface area contributed by atoms with Gasteiger partial charge in [-0.05, 0) is 13.0 Å². The molecule has 74 valence electrons. The van der Waals surface area contributed by atoms with Crippen LogP contribution in [0.25, 0.3) is 0 Å². The molecule has 0 aliphatic carbocycles. The molecule has 0 bridgehead atoms. The quantitative estimate of drug-likeness (QED) is 0.546. The number of carboxylic acid groups (broad SMARTS) is 1. The highest BCUT2D eigenvalue weighted by Crippen LogP contribution is 2.18. The fraction of sp³-hybridized carbons (Fsp3) is 0.750. The predicted octanol–water partition coefficient (Wildman–Crippen LogP) is -0.671. The number of carboxylic acids is 1. The molecule has 0 radical (unpaired) electrons. The maximum absolute atomic E-state index is 10.9. The number of hydrogen-bond donors (Lipinski definition) is 3. The molecule has 1 unspecified atom stereocenters. The Balaban J connectivity index is 2.62. The van der Waals surface area contributed by atoms with Gasteiger partial charge in [-0.15, -0.1) is 0 Å². The Bertz CT molecular complexity index is 203. The largest absolute Gasteiger partial charge is 0.481 e. The van der Waals surface area contributed by atoms with Crippen LogP contribution in [0.5, 0.6) is 0 Å². The van der Waals surface area contributed by atoms with Crippen molar-refractivity contribution in [2.75, 3.05) is 13.1 Å². The summed E-state index contributed by atoms with van der Waals surface area (Å²) in [5.74, 6) is -1.05. The molecule has 0 spiro atoms.